The van der Waals surface area contributed by atoms with Crippen LogP contribution in [0.5, 0.6) is 0 Å². The molecule has 1 unspecified atom stereocenters. The van der Waals surface area contributed by atoms with Gasteiger partial charge in [-0.2, -0.15) is 0 Å². The molecule has 0 spiro atoms. The molecule has 0 amide bonds. The molecule has 1 saturated carbocycles. The molecular formula is C9H21NO. The molecule has 3 N–H and O–H groups in total. The Bertz CT molecular complexity index is 77.6. The van der Waals surface area contributed by atoms with Gasteiger partial charge in [-0.15, -0.1) is 0 Å². The van der Waals surface area contributed by atoms with Crippen molar-refractivity contribution >= 4 is 0 Å². The number of hydrogen-bond acceptors (Lipinski definition) is 2. The van der Waals surface area contributed by atoms with E-state index in [1.54, 1.807) is 0 Å². The van der Waals surface area contributed by atoms with Gasteiger partial charge in [0, 0.05) is 0 Å². The first kappa shape index (κ1) is 10.9. The van der Waals surface area contributed by atoms with Crippen LogP contribution in [0.2, 0.25) is 0 Å². The molecule has 0 saturated heterocycles. The average Bonchev–Trinajstić information content (AvgIpc) is 2.10. The van der Waals surface area contributed by atoms with E-state index in [0.717, 1.165) is 0 Å². The van der Waals surface area contributed by atoms with Crippen molar-refractivity contribution in [3.63, 3.8) is 0 Å². The molecule has 0 bridgehead atoms. The second-order valence-electron chi connectivity index (χ2n) is 3.14. The van der Waals surface area contributed by atoms with Crippen molar-refractivity contribution in [2.24, 2.45) is 11.7 Å². The summed E-state index contributed by atoms with van der Waals surface area (Å²) in [7, 11) is 1.50. The van der Waals surface area contributed by atoms with Gasteiger partial charge in [-0.05, 0) is 32.7 Å². The summed E-state index contributed by atoms with van der Waals surface area (Å²) in [6, 6.07) is 0. The molecular weight excluding hydrogens is 138 g/mol. The minimum atomic E-state index is -0.0645. The summed E-state index contributed by atoms with van der Waals surface area (Å²) >= 11 is 0. The number of aliphatic hydroxyl groups excluding tert-OH is 1. The van der Waals surface area contributed by atoms with E-state index < -0.39 is 0 Å². The lowest BCUT2D eigenvalue weighted by atomic mass is 9.86. The fourth-order valence-electron chi connectivity index (χ4n) is 1.62. The molecule has 0 heterocycles. The highest BCUT2D eigenvalue weighted by Gasteiger charge is 2.17. The van der Waals surface area contributed by atoms with Crippen LogP contribution in [0.15, 0.2) is 0 Å². The second-order valence-corrected chi connectivity index (χ2v) is 3.14. The third-order valence-corrected chi connectivity index (χ3v) is 2.33. The molecule has 0 radical (unpaired) electrons. The van der Waals surface area contributed by atoms with Crippen molar-refractivity contribution in [1.82, 2.24) is 0 Å². The van der Waals surface area contributed by atoms with Crippen LogP contribution in [0.4, 0.5) is 0 Å². The third kappa shape index (κ3) is 4.38. The normalized spacial score (nSPS) is 21.8. The molecule has 0 aromatic heterocycles. The molecule has 0 aliphatic heterocycles. The van der Waals surface area contributed by atoms with E-state index in [-0.39, 0.29) is 6.10 Å². The van der Waals surface area contributed by atoms with Gasteiger partial charge in [0.05, 0.1) is 6.10 Å². The van der Waals surface area contributed by atoms with Gasteiger partial charge in [-0.25, -0.2) is 0 Å². The molecule has 1 atom stereocenters. The molecule has 68 valence electrons. The zero-order valence-corrected chi connectivity index (χ0v) is 7.71. The highest BCUT2D eigenvalue weighted by molar-refractivity contribution is 4.69. The zero-order valence-electron chi connectivity index (χ0n) is 7.71. The standard InChI is InChI=1S/C8H16O.CH5N/c1-7(9)8-5-3-2-4-6-8;1-2/h7-9H,2-6H2,1H3;2H2,1H3. The molecule has 0 aromatic carbocycles. The van der Waals surface area contributed by atoms with Crippen molar-refractivity contribution < 1.29 is 5.11 Å². The Morgan fingerprint density at radius 3 is 1.91 bits per heavy atom. The first-order valence-electron chi connectivity index (χ1n) is 4.56. The summed E-state index contributed by atoms with van der Waals surface area (Å²) in [5.41, 5.74) is 4.50. The van der Waals surface area contributed by atoms with Crippen molar-refractivity contribution in [1.29, 1.82) is 0 Å². The van der Waals surface area contributed by atoms with Gasteiger partial charge in [0.15, 0.2) is 0 Å². The summed E-state index contributed by atoms with van der Waals surface area (Å²) in [5.74, 6) is 0.610. The monoisotopic (exact) mass is 159 g/mol. The Labute approximate surface area is 69.8 Å². The van der Waals surface area contributed by atoms with Gasteiger partial charge < -0.3 is 10.8 Å². The second kappa shape index (κ2) is 6.62. The van der Waals surface area contributed by atoms with E-state index in [9.17, 15) is 5.11 Å². The Morgan fingerprint density at radius 2 is 1.64 bits per heavy atom. The Balaban J connectivity index is 0.000000461. The molecule has 0 aromatic rings. The van der Waals surface area contributed by atoms with Crippen molar-refractivity contribution in [2.75, 3.05) is 7.05 Å². The van der Waals surface area contributed by atoms with Crippen LogP contribution in [-0.2, 0) is 0 Å². The molecule has 1 aliphatic carbocycles. The molecule has 1 aliphatic rings. The van der Waals surface area contributed by atoms with Crippen LogP contribution in [0.3, 0.4) is 0 Å². The predicted octanol–water partition coefficient (Wildman–Crippen LogP) is 1.52. The highest BCUT2D eigenvalue weighted by Crippen LogP contribution is 2.25. The van der Waals surface area contributed by atoms with E-state index in [1.807, 2.05) is 6.92 Å². The summed E-state index contributed by atoms with van der Waals surface area (Å²) in [6.45, 7) is 1.91. The Morgan fingerprint density at radius 1 is 1.18 bits per heavy atom. The number of hydrogen-bond donors (Lipinski definition) is 2. The number of nitrogens with two attached hydrogens (primary N) is 1. The van der Waals surface area contributed by atoms with Gasteiger partial charge >= 0.3 is 0 Å². The lowest BCUT2D eigenvalue weighted by molar-refractivity contribution is 0.101. The third-order valence-electron chi connectivity index (χ3n) is 2.33. The number of rotatable bonds is 1. The van der Waals surface area contributed by atoms with Crippen LogP contribution in [-0.4, -0.2) is 18.3 Å². The highest BCUT2D eigenvalue weighted by atomic mass is 16.3. The van der Waals surface area contributed by atoms with Gasteiger partial charge in [0.1, 0.15) is 0 Å². The van der Waals surface area contributed by atoms with Crippen LogP contribution in [0.25, 0.3) is 0 Å². The summed E-state index contributed by atoms with van der Waals surface area (Å²) in [4.78, 5) is 0. The van der Waals surface area contributed by atoms with Gasteiger partial charge in [-0.3, -0.25) is 0 Å². The lowest BCUT2D eigenvalue weighted by Crippen LogP contribution is -2.19. The van der Waals surface area contributed by atoms with Gasteiger partial charge in [-0.1, -0.05) is 19.3 Å². The first-order valence-corrected chi connectivity index (χ1v) is 4.56. The summed E-state index contributed by atoms with van der Waals surface area (Å²) < 4.78 is 0. The molecule has 1 rings (SSSR count). The Hall–Kier alpha value is -0.0800. The van der Waals surface area contributed by atoms with E-state index in [4.69, 9.17) is 0 Å². The van der Waals surface area contributed by atoms with Crippen LogP contribution < -0.4 is 5.73 Å². The smallest absolute Gasteiger partial charge is 0.0540 e. The predicted molar refractivity (Wildman–Crippen MR) is 48.4 cm³/mol. The van der Waals surface area contributed by atoms with Crippen LogP contribution >= 0.6 is 0 Å². The minimum Gasteiger partial charge on any atom is -0.393 e. The summed E-state index contributed by atoms with van der Waals surface area (Å²) in [6.07, 6.45) is 6.47. The van der Waals surface area contributed by atoms with Gasteiger partial charge in [0.25, 0.3) is 0 Å². The first-order chi connectivity index (χ1) is 5.30. The summed E-state index contributed by atoms with van der Waals surface area (Å²) in [5, 5.41) is 9.18. The van der Waals surface area contributed by atoms with Crippen molar-refractivity contribution in [3.05, 3.63) is 0 Å². The van der Waals surface area contributed by atoms with E-state index in [0.29, 0.717) is 5.92 Å². The quantitative estimate of drug-likeness (QED) is 0.609. The van der Waals surface area contributed by atoms with Crippen molar-refractivity contribution in [2.45, 2.75) is 45.1 Å². The van der Waals surface area contributed by atoms with Crippen LogP contribution in [0, 0.1) is 5.92 Å². The van der Waals surface area contributed by atoms with E-state index in [2.05, 4.69) is 5.73 Å². The maximum atomic E-state index is 9.18. The topological polar surface area (TPSA) is 46.2 Å². The van der Waals surface area contributed by atoms with Crippen LogP contribution in [0.1, 0.15) is 39.0 Å². The lowest BCUT2D eigenvalue weighted by Gasteiger charge is -2.23. The zero-order chi connectivity index (χ0) is 8.69. The molecule has 2 heteroatoms. The fraction of sp³-hybridized carbons (Fsp3) is 1.00. The molecule has 11 heavy (non-hydrogen) atoms. The van der Waals surface area contributed by atoms with E-state index in [1.165, 1.54) is 39.2 Å². The largest absolute Gasteiger partial charge is 0.393 e. The SMILES string of the molecule is CC(O)C1CCCCC1.CN. The maximum Gasteiger partial charge on any atom is 0.0540 e. The van der Waals surface area contributed by atoms with Gasteiger partial charge in [0.2, 0.25) is 0 Å². The fourth-order valence-corrected chi connectivity index (χ4v) is 1.62. The minimum absolute atomic E-state index is 0.0645. The molecule has 1 fully saturated rings. The number of aliphatic hydroxyl groups is 1. The van der Waals surface area contributed by atoms with E-state index >= 15 is 0 Å². The Kier molecular flexibility index (Phi) is 6.57. The molecule has 2 nitrogen and oxygen atoms in total. The maximum absolute atomic E-state index is 9.18. The van der Waals surface area contributed by atoms with Crippen molar-refractivity contribution in [3.8, 4) is 0 Å². The average molecular weight is 159 g/mol.